The Bertz CT molecular complexity index is 724. The second-order valence-electron chi connectivity index (χ2n) is 6.15. The zero-order chi connectivity index (χ0) is 19.1. The molecule has 8 nitrogen and oxygen atoms in total. The molecular weight excluding hydrogens is 334 g/mol. The van der Waals surface area contributed by atoms with E-state index >= 15 is 0 Å². The molecule has 0 amide bonds. The van der Waals surface area contributed by atoms with Crippen molar-refractivity contribution in [3.63, 3.8) is 0 Å². The van der Waals surface area contributed by atoms with Gasteiger partial charge >= 0.3 is 0 Å². The Balaban J connectivity index is 2.14. The summed E-state index contributed by atoms with van der Waals surface area (Å²) in [5, 5.41) is 16.1. The lowest BCUT2D eigenvalue weighted by atomic mass is 10.2. The Hall–Kier alpha value is -2.42. The first kappa shape index (κ1) is 19.9. The van der Waals surface area contributed by atoms with Gasteiger partial charge in [0.05, 0.1) is 13.7 Å². The van der Waals surface area contributed by atoms with Crippen molar-refractivity contribution < 1.29 is 14.6 Å². The van der Waals surface area contributed by atoms with Crippen molar-refractivity contribution in [1.29, 1.82) is 0 Å². The minimum absolute atomic E-state index is 0.226. The van der Waals surface area contributed by atoms with E-state index in [1.54, 1.807) is 7.11 Å². The van der Waals surface area contributed by atoms with Crippen LogP contribution in [-0.4, -0.2) is 61.1 Å². The normalized spacial score (nSPS) is 12.1. The van der Waals surface area contributed by atoms with Gasteiger partial charge in [-0.15, -0.1) is 0 Å². The number of aromatic nitrogens is 2. The predicted octanol–water partition coefficient (Wildman–Crippen LogP) is 1.98. The molecule has 0 aliphatic rings. The van der Waals surface area contributed by atoms with E-state index < -0.39 is 6.29 Å². The number of aliphatic hydroxyl groups is 1. The minimum atomic E-state index is -0.871. The van der Waals surface area contributed by atoms with Gasteiger partial charge in [-0.2, -0.15) is 4.98 Å². The summed E-state index contributed by atoms with van der Waals surface area (Å²) in [6.45, 7) is 2.56. The number of anilines is 3. The van der Waals surface area contributed by atoms with Gasteiger partial charge < -0.3 is 30.1 Å². The van der Waals surface area contributed by atoms with E-state index in [1.807, 2.05) is 57.2 Å². The summed E-state index contributed by atoms with van der Waals surface area (Å²) in [6, 6.07) is 7.48. The summed E-state index contributed by atoms with van der Waals surface area (Å²) in [7, 11) is 7.16. The molecule has 1 aromatic heterocycles. The molecule has 0 aliphatic heterocycles. The zero-order valence-corrected chi connectivity index (χ0v) is 15.9. The minimum Gasteiger partial charge on any atom is -0.496 e. The van der Waals surface area contributed by atoms with Gasteiger partial charge in [-0.1, -0.05) is 0 Å². The second-order valence-corrected chi connectivity index (χ2v) is 6.15. The molecule has 1 heterocycles. The van der Waals surface area contributed by atoms with Crippen LogP contribution in [0.15, 0.2) is 24.3 Å². The summed E-state index contributed by atoms with van der Waals surface area (Å²) in [6.07, 6.45) is -0.871. The number of hydrogen-bond acceptors (Lipinski definition) is 8. The first-order valence-corrected chi connectivity index (χ1v) is 8.33. The molecule has 0 spiro atoms. The van der Waals surface area contributed by atoms with Crippen molar-refractivity contribution in [1.82, 2.24) is 14.9 Å². The SMILES string of the molecule is CNc1cc(C)nc(Nc2ccc(OC)c(CO[C@H](O)CN(C)C)c2)n1. The number of ether oxygens (including phenoxy) is 2. The topological polar surface area (TPSA) is 91.8 Å². The molecule has 0 unspecified atom stereocenters. The van der Waals surface area contributed by atoms with Gasteiger partial charge in [0.25, 0.3) is 0 Å². The lowest BCUT2D eigenvalue weighted by Crippen LogP contribution is -2.27. The average Bonchev–Trinajstić information content (AvgIpc) is 2.59. The number of rotatable bonds is 9. The molecule has 1 atom stereocenters. The number of nitrogens with one attached hydrogen (secondary N) is 2. The van der Waals surface area contributed by atoms with Crippen LogP contribution < -0.4 is 15.4 Å². The summed E-state index contributed by atoms with van der Waals surface area (Å²) in [4.78, 5) is 10.6. The van der Waals surface area contributed by atoms with Gasteiger partial charge in [-0.25, -0.2) is 4.98 Å². The maximum Gasteiger partial charge on any atom is 0.229 e. The van der Waals surface area contributed by atoms with Crippen LogP contribution in [0.25, 0.3) is 0 Å². The number of benzene rings is 1. The van der Waals surface area contributed by atoms with Crippen molar-refractivity contribution in [3.8, 4) is 5.75 Å². The van der Waals surface area contributed by atoms with E-state index in [2.05, 4.69) is 20.6 Å². The van der Waals surface area contributed by atoms with E-state index in [1.165, 1.54) is 0 Å². The van der Waals surface area contributed by atoms with Gasteiger partial charge in [0.2, 0.25) is 5.95 Å². The molecule has 2 rings (SSSR count). The molecule has 3 N–H and O–H groups in total. The third-order valence-electron chi connectivity index (χ3n) is 3.60. The molecule has 0 aliphatic carbocycles. The Kier molecular flexibility index (Phi) is 7.14. The van der Waals surface area contributed by atoms with Gasteiger partial charge in [0.1, 0.15) is 11.6 Å². The Morgan fingerprint density at radius 2 is 2.00 bits per heavy atom. The molecule has 26 heavy (non-hydrogen) atoms. The summed E-state index contributed by atoms with van der Waals surface area (Å²) in [5.74, 6) is 1.93. The van der Waals surface area contributed by atoms with Crippen molar-refractivity contribution in [2.75, 3.05) is 45.4 Å². The Morgan fingerprint density at radius 3 is 2.65 bits per heavy atom. The van der Waals surface area contributed by atoms with Crippen molar-refractivity contribution >= 4 is 17.5 Å². The van der Waals surface area contributed by atoms with Crippen molar-refractivity contribution in [2.45, 2.75) is 19.8 Å². The van der Waals surface area contributed by atoms with Crippen molar-refractivity contribution in [3.05, 3.63) is 35.5 Å². The highest BCUT2D eigenvalue weighted by atomic mass is 16.6. The highest BCUT2D eigenvalue weighted by Gasteiger charge is 2.11. The van der Waals surface area contributed by atoms with Crippen molar-refractivity contribution in [2.24, 2.45) is 0 Å². The van der Waals surface area contributed by atoms with E-state index in [0.717, 1.165) is 22.8 Å². The van der Waals surface area contributed by atoms with E-state index in [4.69, 9.17) is 9.47 Å². The molecular formula is C18H27N5O3. The van der Waals surface area contributed by atoms with Crippen LogP contribution in [0.4, 0.5) is 17.5 Å². The fourth-order valence-electron chi connectivity index (χ4n) is 2.40. The third kappa shape index (κ3) is 5.83. The number of likely N-dealkylation sites (N-methyl/N-ethyl adjacent to an activating group) is 1. The smallest absolute Gasteiger partial charge is 0.229 e. The van der Waals surface area contributed by atoms with Gasteiger partial charge in [0.15, 0.2) is 6.29 Å². The number of methoxy groups -OCH3 is 1. The van der Waals surface area contributed by atoms with Crippen LogP contribution in [-0.2, 0) is 11.3 Å². The largest absolute Gasteiger partial charge is 0.496 e. The monoisotopic (exact) mass is 361 g/mol. The summed E-state index contributed by atoms with van der Waals surface area (Å²) >= 11 is 0. The van der Waals surface area contributed by atoms with E-state index in [9.17, 15) is 5.11 Å². The summed E-state index contributed by atoms with van der Waals surface area (Å²) < 4.78 is 10.9. The standard InChI is InChI=1S/C18H27N5O3/c1-12-8-16(19-2)22-18(20-12)21-14-6-7-15(25-5)13(9-14)11-26-17(24)10-23(3)4/h6-9,17,24H,10-11H2,1-5H3,(H2,19,20,21,22)/t17-/m0/s1. The molecule has 0 fully saturated rings. The van der Waals surface area contributed by atoms with E-state index in [0.29, 0.717) is 18.2 Å². The quantitative estimate of drug-likeness (QED) is 0.584. The highest BCUT2D eigenvalue weighted by Crippen LogP contribution is 2.25. The first-order valence-electron chi connectivity index (χ1n) is 8.33. The molecule has 0 saturated heterocycles. The van der Waals surface area contributed by atoms with Crippen LogP contribution in [0, 0.1) is 6.92 Å². The highest BCUT2D eigenvalue weighted by molar-refractivity contribution is 5.58. The molecule has 142 valence electrons. The molecule has 2 aromatic rings. The molecule has 0 radical (unpaired) electrons. The van der Waals surface area contributed by atoms with Crippen LogP contribution in [0.2, 0.25) is 0 Å². The fraction of sp³-hybridized carbons (Fsp3) is 0.444. The first-order chi connectivity index (χ1) is 12.4. The van der Waals surface area contributed by atoms with Gasteiger partial charge in [-0.05, 0) is 39.2 Å². The zero-order valence-electron chi connectivity index (χ0n) is 15.9. The van der Waals surface area contributed by atoms with Crippen LogP contribution in [0.3, 0.4) is 0 Å². The van der Waals surface area contributed by atoms with Crippen LogP contribution in [0.1, 0.15) is 11.3 Å². The maximum atomic E-state index is 9.89. The van der Waals surface area contributed by atoms with Gasteiger partial charge in [0, 0.05) is 36.6 Å². The second kappa shape index (κ2) is 9.33. The summed E-state index contributed by atoms with van der Waals surface area (Å²) in [5.41, 5.74) is 2.48. The number of aryl methyl sites for hydroxylation is 1. The number of hydrogen-bond donors (Lipinski definition) is 3. The molecule has 0 bridgehead atoms. The molecule has 0 saturated carbocycles. The van der Waals surface area contributed by atoms with Gasteiger partial charge in [-0.3, -0.25) is 0 Å². The molecule has 1 aromatic carbocycles. The predicted molar refractivity (Wildman–Crippen MR) is 102 cm³/mol. The van der Waals surface area contributed by atoms with E-state index in [-0.39, 0.29) is 6.61 Å². The van der Waals surface area contributed by atoms with Crippen LogP contribution in [0.5, 0.6) is 5.75 Å². The lowest BCUT2D eigenvalue weighted by molar-refractivity contribution is -0.117. The Morgan fingerprint density at radius 1 is 1.23 bits per heavy atom. The Labute approximate surface area is 154 Å². The number of nitrogens with zero attached hydrogens (tertiary/aromatic N) is 3. The fourth-order valence-corrected chi connectivity index (χ4v) is 2.40. The average molecular weight is 361 g/mol. The van der Waals surface area contributed by atoms with Crippen LogP contribution >= 0.6 is 0 Å². The number of aliphatic hydroxyl groups excluding tert-OH is 1. The third-order valence-corrected chi connectivity index (χ3v) is 3.60. The maximum absolute atomic E-state index is 9.89. The molecule has 8 heteroatoms. The lowest BCUT2D eigenvalue weighted by Gasteiger charge is -2.18.